The molecule has 0 spiro atoms. The third-order valence-electron chi connectivity index (χ3n) is 4.03. The van der Waals surface area contributed by atoms with Gasteiger partial charge < -0.3 is 9.73 Å². The average molecular weight is 444 g/mol. The zero-order chi connectivity index (χ0) is 21.3. The highest BCUT2D eigenvalue weighted by atomic mass is 35.5. The first-order chi connectivity index (χ1) is 14.4. The number of benzene rings is 2. The van der Waals surface area contributed by atoms with Crippen LogP contribution in [-0.4, -0.2) is 16.0 Å². The van der Waals surface area contributed by atoms with Crippen molar-refractivity contribution in [1.29, 1.82) is 0 Å². The lowest BCUT2D eigenvalue weighted by atomic mass is 10.1. The number of nitrogens with zero attached hydrogens (tertiary/aromatic N) is 2. The van der Waals surface area contributed by atoms with E-state index in [-0.39, 0.29) is 17.4 Å². The first kappa shape index (κ1) is 19.9. The number of thioether (sulfide) groups is 1. The lowest BCUT2D eigenvalue weighted by molar-refractivity contribution is -0.384. The van der Waals surface area contributed by atoms with E-state index in [0.29, 0.717) is 37.9 Å². The number of hydrogen-bond acceptors (Lipinski definition) is 6. The van der Waals surface area contributed by atoms with Crippen LogP contribution in [0.4, 0.5) is 15.8 Å². The molecule has 0 bridgehead atoms. The van der Waals surface area contributed by atoms with E-state index < -0.39 is 4.92 Å². The monoisotopic (exact) mass is 443 g/mol. The summed E-state index contributed by atoms with van der Waals surface area (Å²) in [6, 6.07) is 12.8. The highest BCUT2D eigenvalue weighted by Gasteiger charge is 2.24. The molecule has 2 aromatic carbocycles. The van der Waals surface area contributed by atoms with E-state index in [1.165, 1.54) is 48.5 Å². The van der Waals surface area contributed by atoms with Crippen LogP contribution < -0.4 is 5.32 Å². The van der Waals surface area contributed by atoms with Gasteiger partial charge in [0, 0.05) is 23.8 Å². The van der Waals surface area contributed by atoms with Crippen molar-refractivity contribution in [3.8, 4) is 11.3 Å². The third kappa shape index (κ3) is 4.27. The Kier molecular flexibility index (Phi) is 5.39. The van der Waals surface area contributed by atoms with Crippen LogP contribution in [-0.2, 0) is 4.79 Å². The molecule has 0 unspecified atom stereocenters. The smallest absolute Gasteiger partial charge is 0.270 e. The molecular weight excluding hydrogens is 433 g/mol. The van der Waals surface area contributed by atoms with Gasteiger partial charge in [-0.25, -0.2) is 9.38 Å². The molecule has 0 saturated carbocycles. The van der Waals surface area contributed by atoms with Crippen molar-refractivity contribution >= 4 is 51.9 Å². The number of nitrogens with one attached hydrogen (secondary N) is 1. The second kappa shape index (κ2) is 8.13. The van der Waals surface area contributed by atoms with Gasteiger partial charge in [0.25, 0.3) is 11.6 Å². The number of aliphatic imine (C=N–C) groups is 1. The fourth-order valence-corrected chi connectivity index (χ4v) is 3.67. The van der Waals surface area contributed by atoms with Crippen LogP contribution in [0, 0.1) is 15.9 Å². The molecule has 30 heavy (non-hydrogen) atoms. The van der Waals surface area contributed by atoms with E-state index in [4.69, 9.17) is 16.0 Å². The van der Waals surface area contributed by atoms with Gasteiger partial charge in [0.15, 0.2) is 5.17 Å². The van der Waals surface area contributed by atoms with Crippen LogP contribution in [0.15, 0.2) is 68.9 Å². The molecule has 10 heteroatoms. The molecule has 1 amide bonds. The number of nitro groups is 1. The first-order valence-corrected chi connectivity index (χ1v) is 9.68. The molecule has 0 aliphatic carbocycles. The Morgan fingerprint density at radius 3 is 2.67 bits per heavy atom. The summed E-state index contributed by atoms with van der Waals surface area (Å²) in [5.41, 5.74) is 0.761. The molecule has 4 rings (SSSR count). The summed E-state index contributed by atoms with van der Waals surface area (Å²) in [4.78, 5) is 27.3. The van der Waals surface area contributed by atoms with Gasteiger partial charge in [0.05, 0.1) is 20.5 Å². The highest BCUT2D eigenvalue weighted by Crippen LogP contribution is 2.34. The molecule has 2 heterocycles. The van der Waals surface area contributed by atoms with Crippen molar-refractivity contribution in [2.24, 2.45) is 4.99 Å². The maximum absolute atomic E-state index is 13.0. The average Bonchev–Trinajstić information content (AvgIpc) is 3.31. The summed E-state index contributed by atoms with van der Waals surface area (Å²) >= 11 is 7.25. The van der Waals surface area contributed by atoms with E-state index in [2.05, 4.69) is 10.3 Å². The van der Waals surface area contributed by atoms with Gasteiger partial charge in [0.1, 0.15) is 17.3 Å². The number of carbonyl (C=O) groups is 1. The molecule has 1 aliphatic heterocycles. The lowest BCUT2D eigenvalue weighted by Gasteiger charge is -2.00. The Balaban J connectivity index is 1.57. The van der Waals surface area contributed by atoms with E-state index in [1.54, 1.807) is 12.1 Å². The van der Waals surface area contributed by atoms with Crippen molar-refractivity contribution in [2.75, 3.05) is 0 Å². The number of hydrogen-bond donors (Lipinski definition) is 1. The number of furan rings is 1. The second-order valence-corrected chi connectivity index (χ2v) is 7.52. The van der Waals surface area contributed by atoms with Crippen LogP contribution in [0.2, 0.25) is 5.02 Å². The molecule has 1 aliphatic rings. The minimum absolute atomic E-state index is 0.113. The van der Waals surface area contributed by atoms with Crippen molar-refractivity contribution in [2.45, 2.75) is 0 Å². The predicted molar refractivity (Wildman–Crippen MR) is 113 cm³/mol. The molecule has 1 N–H and O–H groups in total. The van der Waals surface area contributed by atoms with Gasteiger partial charge in [-0.15, -0.1) is 0 Å². The number of nitro benzene ring substituents is 1. The van der Waals surface area contributed by atoms with E-state index >= 15 is 0 Å². The van der Waals surface area contributed by atoms with E-state index in [1.807, 2.05) is 0 Å². The van der Waals surface area contributed by atoms with Gasteiger partial charge in [-0.05, 0) is 54.2 Å². The molecule has 7 nitrogen and oxygen atoms in total. The zero-order valence-electron chi connectivity index (χ0n) is 15.0. The van der Waals surface area contributed by atoms with Crippen LogP contribution in [0.5, 0.6) is 0 Å². The van der Waals surface area contributed by atoms with Gasteiger partial charge in [-0.2, -0.15) is 0 Å². The Labute approximate surface area is 178 Å². The van der Waals surface area contributed by atoms with Gasteiger partial charge >= 0.3 is 0 Å². The molecular formula is C20H11ClFN3O4S. The molecule has 0 radical (unpaired) electrons. The van der Waals surface area contributed by atoms with Crippen molar-refractivity contribution < 1.29 is 18.5 Å². The number of halogens is 2. The fourth-order valence-electron chi connectivity index (χ4n) is 2.63. The van der Waals surface area contributed by atoms with E-state index in [9.17, 15) is 19.3 Å². The number of amidine groups is 1. The Morgan fingerprint density at radius 2 is 1.93 bits per heavy atom. The Hall–Kier alpha value is -3.43. The van der Waals surface area contributed by atoms with Crippen molar-refractivity contribution in [1.82, 2.24) is 5.32 Å². The standard InChI is InChI=1S/C20H11ClFN3O4S/c21-16-7-5-13(25(27)28)9-15(16)17-8-6-14(29-17)10-18-19(26)24-20(30-18)23-12-3-1-11(22)2-4-12/h1-10H,(H,23,24,26)/b18-10+. The minimum Gasteiger partial charge on any atom is -0.457 e. The number of carbonyl (C=O) groups excluding carboxylic acids is 1. The second-order valence-electron chi connectivity index (χ2n) is 6.08. The number of amides is 1. The van der Waals surface area contributed by atoms with Crippen molar-refractivity contribution in [3.63, 3.8) is 0 Å². The van der Waals surface area contributed by atoms with Crippen LogP contribution in [0.1, 0.15) is 5.76 Å². The largest absolute Gasteiger partial charge is 0.457 e. The summed E-state index contributed by atoms with van der Waals surface area (Å²) in [5.74, 6) is -0.0280. The van der Waals surface area contributed by atoms with Gasteiger partial charge in [-0.1, -0.05) is 11.6 Å². The van der Waals surface area contributed by atoms with Gasteiger partial charge in [-0.3, -0.25) is 14.9 Å². The normalized spacial score (nSPS) is 16.3. The first-order valence-electron chi connectivity index (χ1n) is 8.48. The summed E-state index contributed by atoms with van der Waals surface area (Å²) < 4.78 is 18.7. The lowest BCUT2D eigenvalue weighted by Crippen LogP contribution is -2.19. The SMILES string of the molecule is O=C1NC(=Nc2ccc(F)cc2)S/C1=C/c1ccc(-c2cc([N+](=O)[O-])ccc2Cl)o1. The molecule has 150 valence electrons. The summed E-state index contributed by atoms with van der Waals surface area (Å²) in [5, 5.41) is 14.3. The maximum Gasteiger partial charge on any atom is 0.270 e. The maximum atomic E-state index is 13.0. The van der Waals surface area contributed by atoms with Gasteiger partial charge in [0.2, 0.25) is 0 Å². The Morgan fingerprint density at radius 1 is 1.17 bits per heavy atom. The fraction of sp³-hybridized carbons (Fsp3) is 0. The minimum atomic E-state index is -0.521. The summed E-state index contributed by atoms with van der Waals surface area (Å²) in [6.07, 6.45) is 1.53. The molecule has 1 fully saturated rings. The Bertz CT molecular complexity index is 1220. The zero-order valence-corrected chi connectivity index (χ0v) is 16.5. The molecule has 3 aromatic rings. The van der Waals surface area contributed by atoms with E-state index in [0.717, 1.165) is 11.8 Å². The van der Waals surface area contributed by atoms with Crippen LogP contribution >= 0.6 is 23.4 Å². The topological polar surface area (TPSA) is 97.7 Å². The number of non-ortho nitro benzene ring substituents is 1. The predicted octanol–water partition coefficient (Wildman–Crippen LogP) is 5.54. The third-order valence-corrected chi connectivity index (χ3v) is 5.27. The van der Waals surface area contributed by atoms with Crippen molar-refractivity contribution in [3.05, 3.63) is 86.2 Å². The molecule has 1 aromatic heterocycles. The summed E-state index contributed by atoms with van der Waals surface area (Å²) in [6.45, 7) is 0. The van der Waals surface area contributed by atoms with Crippen LogP contribution in [0.25, 0.3) is 17.4 Å². The number of rotatable bonds is 4. The quantitative estimate of drug-likeness (QED) is 0.324. The van der Waals surface area contributed by atoms with Crippen LogP contribution in [0.3, 0.4) is 0 Å². The molecule has 1 saturated heterocycles. The highest BCUT2D eigenvalue weighted by molar-refractivity contribution is 8.18. The summed E-state index contributed by atoms with van der Waals surface area (Å²) in [7, 11) is 0. The molecule has 0 atom stereocenters.